The molecule has 1 fully saturated rings. The molecule has 0 radical (unpaired) electrons. The van der Waals surface area contributed by atoms with Gasteiger partial charge in [-0.1, -0.05) is 32.4 Å². The Bertz CT molecular complexity index is 117. The van der Waals surface area contributed by atoms with Crippen LogP contribution in [0.2, 0.25) is 0 Å². The first-order chi connectivity index (χ1) is 4.52. The zero-order chi connectivity index (χ0) is 7.78. The van der Waals surface area contributed by atoms with Gasteiger partial charge in [0.05, 0.1) is 0 Å². The maximum atomic E-state index is 5.94. The van der Waals surface area contributed by atoms with E-state index in [1.807, 2.05) is 0 Å². The number of alkyl halides is 1. The van der Waals surface area contributed by atoms with E-state index in [0.717, 1.165) is 13.0 Å². The van der Waals surface area contributed by atoms with Gasteiger partial charge in [0.1, 0.15) is 5.56 Å². The summed E-state index contributed by atoms with van der Waals surface area (Å²) in [6, 6.07) is 0. The molecule has 0 aromatic heterocycles. The van der Waals surface area contributed by atoms with Crippen molar-refractivity contribution >= 4 is 11.6 Å². The molecule has 0 N–H and O–H groups in total. The van der Waals surface area contributed by atoms with Crippen LogP contribution >= 0.6 is 11.6 Å². The number of hydrogen-bond acceptors (Lipinski definition) is 1. The Morgan fingerprint density at radius 2 is 2.00 bits per heavy atom. The molecular formula is C8H15ClO. The maximum Gasteiger partial charge on any atom is 0.134 e. The van der Waals surface area contributed by atoms with Crippen LogP contribution < -0.4 is 0 Å². The molecule has 1 aliphatic heterocycles. The summed E-state index contributed by atoms with van der Waals surface area (Å²) in [7, 11) is 0. The lowest BCUT2D eigenvalue weighted by atomic mass is 9.80. The highest BCUT2D eigenvalue weighted by Gasteiger charge is 2.35. The van der Waals surface area contributed by atoms with Gasteiger partial charge in [0.25, 0.3) is 0 Å². The van der Waals surface area contributed by atoms with Crippen LogP contribution in [0.25, 0.3) is 0 Å². The molecule has 0 saturated carbocycles. The first kappa shape index (κ1) is 8.35. The summed E-state index contributed by atoms with van der Waals surface area (Å²) in [4.78, 5) is 0. The molecule has 0 aromatic rings. The Hall–Kier alpha value is 0.250. The lowest BCUT2D eigenvalue weighted by Crippen LogP contribution is -2.24. The van der Waals surface area contributed by atoms with E-state index < -0.39 is 0 Å². The van der Waals surface area contributed by atoms with Gasteiger partial charge in [0.2, 0.25) is 0 Å². The van der Waals surface area contributed by atoms with Gasteiger partial charge in [-0.05, 0) is 11.8 Å². The van der Waals surface area contributed by atoms with Crippen LogP contribution in [-0.2, 0) is 4.74 Å². The Kier molecular flexibility index (Phi) is 2.26. The van der Waals surface area contributed by atoms with Crippen LogP contribution in [0.15, 0.2) is 0 Å². The molecule has 1 heterocycles. The molecule has 2 atom stereocenters. The zero-order valence-electron chi connectivity index (χ0n) is 6.86. The van der Waals surface area contributed by atoms with Gasteiger partial charge in [-0.15, -0.1) is 0 Å². The van der Waals surface area contributed by atoms with Gasteiger partial charge in [0.15, 0.2) is 0 Å². The minimum absolute atomic E-state index is 0.0556. The van der Waals surface area contributed by atoms with E-state index in [9.17, 15) is 0 Å². The highest BCUT2D eigenvalue weighted by Crippen LogP contribution is 2.38. The standard InChI is InChI=1S/C8H15ClO/c1-8(2,3)6-4-5-10-7(6)9/h6-7H,4-5H2,1-3H3. The molecular weight excluding hydrogens is 148 g/mol. The molecule has 0 aromatic carbocycles. The number of halogens is 1. The molecule has 0 spiro atoms. The summed E-state index contributed by atoms with van der Waals surface area (Å²) in [6.45, 7) is 7.46. The van der Waals surface area contributed by atoms with Gasteiger partial charge >= 0.3 is 0 Å². The largest absolute Gasteiger partial charge is 0.362 e. The van der Waals surface area contributed by atoms with E-state index in [1.165, 1.54) is 0 Å². The van der Waals surface area contributed by atoms with E-state index >= 15 is 0 Å². The molecule has 2 unspecified atom stereocenters. The number of ether oxygens (including phenoxy) is 1. The Balaban J connectivity index is 2.55. The summed E-state index contributed by atoms with van der Waals surface area (Å²) in [5.41, 5.74) is 0.239. The fraction of sp³-hybridized carbons (Fsp3) is 1.00. The van der Waals surface area contributed by atoms with Crippen molar-refractivity contribution in [3.63, 3.8) is 0 Å². The Morgan fingerprint density at radius 3 is 2.20 bits per heavy atom. The molecule has 0 bridgehead atoms. The molecule has 60 valence electrons. The minimum Gasteiger partial charge on any atom is -0.362 e. The molecule has 1 nitrogen and oxygen atoms in total. The van der Waals surface area contributed by atoms with Crippen molar-refractivity contribution in [2.24, 2.45) is 11.3 Å². The summed E-state index contributed by atoms with van der Waals surface area (Å²) < 4.78 is 5.26. The third-order valence-electron chi connectivity index (χ3n) is 2.13. The van der Waals surface area contributed by atoms with Crippen molar-refractivity contribution in [2.45, 2.75) is 32.8 Å². The fourth-order valence-electron chi connectivity index (χ4n) is 1.38. The summed E-state index contributed by atoms with van der Waals surface area (Å²) >= 11 is 5.94. The fourth-order valence-corrected chi connectivity index (χ4v) is 1.97. The quantitative estimate of drug-likeness (QED) is 0.498. The van der Waals surface area contributed by atoms with Crippen molar-refractivity contribution < 1.29 is 4.74 Å². The smallest absolute Gasteiger partial charge is 0.134 e. The van der Waals surface area contributed by atoms with Crippen molar-refractivity contribution in [2.75, 3.05) is 6.61 Å². The second kappa shape index (κ2) is 2.71. The summed E-state index contributed by atoms with van der Waals surface area (Å²) in [5.74, 6) is 0.522. The predicted octanol–water partition coefficient (Wildman–Crippen LogP) is 2.63. The summed E-state index contributed by atoms with van der Waals surface area (Å²) in [5, 5.41) is 0. The van der Waals surface area contributed by atoms with E-state index in [4.69, 9.17) is 16.3 Å². The molecule has 10 heavy (non-hydrogen) atoms. The van der Waals surface area contributed by atoms with Crippen molar-refractivity contribution in [3.05, 3.63) is 0 Å². The van der Waals surface area contributed by atoms with E-state index in [1.54, 1.807) is 0 Å². The van der Waals surface area contributed by atoms with Gasteiger partial charge in [-0.25, -0.2) is 0 Å². The number of rotatable bonds is 0. The van der Waals surface area contributed by atoms with Crippen molar-refractivity contribution in [1.82, 2.24) is 0 Å². The third kappa shape index (κ3) is 1.64. The van der Waals surface area contributed by atoms with Gasteiger partial charge in [-0.3, -0.25) is 0 Å². The van der Waals surface area contributed by atoms with Gasteiger partial charge in [-0.2, -0.15) is 0 Å². The van der Waals surface area contributed by atoms with E-state index in [0.29, 0.717) is 11.3 Å². The topological polar surface area (TPSA) is 9.23 Å². The lowest BCUT2D eigenvalue weighted by molar-refractivity contribution is 0.119. The highest BCUT2D eigenvalue weighted by molar-refractivity contribution is 6.20. The maximum absolute atomic E-state index is 5.94. The van der Waals surface area contributed by atoms with Crippen LogP contribution in [0.4, 0.5) is 0 Å². The van der Waals surface area contributed by atoms with Crippen LogP contribution in [0.3, 0.4) is 0 Å². The average molecular weight is 163 g/mol. The van der Waals surface area contributed by atoms with E-state index in [-0.39, 0.29) is 5.56 Å². The normalized spacial score (nSPS) is 34.8. The van der Waals surface area contributed by atoms with Crippen LogP contribution in [0.5, 0.6) is 0 Å². The van der Waals surface area contributed by atoms with Crippen LogP contribution in [-0.4, -0.2) is 12.2 Å². The molecule has 1 saturated heterocycles. The monoisotopic (exact) mass is 162 g/mol. The molecule has 1 aliphatic rings. The first-order valence-electron chi connectivity index (χ1n) is 3.77. The molecule has 0 aliphatic carbocycles. The number of hydrogen-bond donors (Lipinski definition) is 0. The molecule has 0 amide bonds. The second-order valence-corrected chi connectivity index (χ2v) is 4.41. The third-order valence-corrected chi connectivity index (χ3v) is 2.56. The molecule has 2 heteroatoms. The Morgan fingerprint density at radius 1 is 1.40 bits per heavy atom. The predicted molar refractivity (Wildman–Crippen MR) is 43.2 cm³/mol. The van der Waals surface area contributed by atoms with Gasteiger partial charge < -0.3 is 4.74 Å². The van der Waals surface area contributed by atoms with Gasteiger partial charge in [0, 0.05) is 12.5 Å². The average Bonchev–Trinajstić information content (AvgIpc) is 2.11. The lowest BCUT2D eigenvalue weighted by Gasteiger charge is -2.27. The van der Waals surface area contributed by atoms with Crippen LogP contribution in [0, 0.1) is 11.3 Å². The molecule has 1 rings (SSSR count). The second-order valence-electron chi connectivity index (χ2n) is 3.98. The Labute approximate surface area is 67.7 Å². The highest BCUT2D eigenvalue weighted by atomic mass is 35.5. The van der Waals surface area contributed by atoms with Crippen LogP contribution in [0.1, 0.15) is 27.2 Å². The SMILES string of the molecule is CC(C)(C)C1CCOC1Cl. The summed E-state index contributed by atoms with van der Waals surface area (Å²) in [6.07, 6.45) is 1.11. The first-order valence-corrected chi connectivity index (χ1v) is 4.21. The zero-order valence-corrected chi connectivity index (χ0v) is 7.61. The van der Waals surface area contributed by atoms with Crippen molar-refractivity contribution in [1.29, 1.82) is 0 Å². The minimum atomic E-state index is -0.0556. The van der Waals surface area contributed by atoms with E-state index in [2.05, 4.69) is 20.8 Å². The van der Waals surface area contributed by atoms with Crippen molar-refractivity contribution in [3.8, 4) is 0 Å².